The standard InChI is InChI=1S/C21H25ClFN5O3/c1-6-25-19(29)14-15(23)13(22)9-12(17(14)31-10(2)3)21(5,30)20-27-11(4)16-18(24)26-7-8-28(16)20/h7-10,30H,6H2,1-5H3,(H2,24,26)(H,25,29)/t21-/m0/s1. The number of nitrogens with zero attached hydrogens (tertiary/aromatic N) is 3. The van der Waals surface area contributed by atoms with Gasteiger partial charge in [0.15, 0.2) is 5.82 Å². The molecule has 8 nitrogen and oxygen atoms in total. The molecule has 0 spiro atoms. The van der Waals surface area contributed by atoms with Gasteiger partial charge in [-0.05, 0) is 40.7 Å². The zero-order valence-corrected chi connectivity index (χ0v) is 18.7. The maximum absolute atomic E-state index is 15.0. The van der Waals surface area contributed by atoms with E-state index in [2.05, 4.69) is 15.3 Å². The Labute approximate surface area is 184 Å². The van der Waals surface area contributed by atoms with E-state index in [0.717, 1.165) is 0 Å². The lowest BCUT2D eigenvalue weighted by atomic mass is 9.91. The number of nitrogens with one attached hydrogen (secondary N) is 1. The highest BCUT2D eigenvalue weighted by Gasteiger charge is 2.38. The van der Waals surface area contributed by atoms with Gasteiger partial charge in [-0.25, -0.2) is 14.4 Å². The number of anilines is 1. The van der Waals surface area contributed by atoms with E-state index in [4.69, 9.17) is 22.1 Å². The Kier molecular flexibility index (Phi) is 6.11. The average Bonchev–Trinajstić information content (AvgIpc) is 3.03. The van der Waals surface area contributed by atoms with Crippen LogP contribution in [0.5, 0.6) is 5.75 Å². The lowest BCUT2D eigenvalue weighted by Gasteiger charge is -2.28. The second-order valence-electron chi connectivity index (χ2n) is 7.57. The number of fused-ring (bicyclic) bond motifs is 1. The summed E-state index contributed by atoms with van der Waals surface area (Å²) in [6.07, 6.45) is 2.67. The number of amides is 1. The summed E-state index contributed by atoms with van der Waals surface area (Å²) in [5, 5.41) is 13.9. The molecule has 3 rings (SSSR count). The van der Waals surface area contributed by atoms with Crippen LogP contribution >= 0.6 is 11.6 Å². The number of rotatable bonds is 6. The fourth-order valence-corrected chi connectivity index (χ4v) is 3.69. The van der Waals surface area contributed by atoms with Gasteiger partial charge in [-0.3, -0.25) is 9.20 Å². The van der Waals surface area contributed by atoms with Gasteiger partial charge >= 0.3 is 0 Å². The molecular weight excluding hydrogens is 425 g/mol. The van der Waals surface area contributed by atoms with Crippen molar-refractivity contribution in [2.45, 2.75) is 46.3 Å². The summed E-state index contributed by atoms with van der Waals surface area (Å²) >= 11 is 6.14. The van der Waals surface area contributed by atoms with Gasteiger partial charge in [0.1, 0.15) is 34.1 Å². The molecule has 2 heterocycles. The minimum absolute atomic E-state index is 0.0936. The topological polar surface area (TPSA) is 115 Å². The Morgan fingerprint density at radius 1 is 1.48 bits per heavy atom. The zero-order valence-electron chi connectivity index (χ0n) is 18.0. The van der Waals surface area contributed by atoms with Gasteiger partial charge in [0, 0.05) is 24.5 Å². The van der Waals surface area contributed by atoms with Crippen molar-refractivity contribution in [3.63, 3.8) is 0 Å². The number of hydrogen-bond acceptors (Lipinski definition) is 6. The summed E-state index contributed by atoms with van der Waals surface area (Å²) < 4.78 is 22.4. The van der Waals surface area contributed by atoms with Crippen molar-refractivity contribution in [1.82, 2.24) is 19.7 Å². The van der Waals surface area contributed by atoms with Gasteiger partial charge in [0.25, 0.3) is 5.91 Å². The summed E-state index contributed by atoms with van der Waals surface area (Å²) in [7, 11) is 0. The molecule has 0 aliphatic heterocycles. The molecule has 2 aromatic heterocycles. The molecule has 0 radical (unpaired) electrons. The fraction of sp³-hybridized carbons (Fsp3) is 0.381. The van der Waals surface area contributed by atoms with E-state index in [1.165, 1.54) is 19.2 Å². The average molecular weight is 450 g/mol. The van der Waals surface area contributed by atoms with Crippen LogP contribution in [0.3, 0.4) is 0 Å². The summed E-state index contributed by atoms with van der Waals surface area (Å²) in [5.41, 5.74) is 4.95. The minimum atomic E-state index is -1.83. The first-order chi connectivity index (χ1) is 14.5. The Hall–Kier alpha value is -2.91. The third-order valence-electron chi connectivity index (χ3n) is 4.81. The normalized spacial score (nSPS) is 13.5. The molecule has 0 saturated carbocycles. The van der Waals surface area contributed by atoms with Crippen molar-refractivity contribution in [2.24, 2.45) is 0 Å². The van der Waals surface area contributed by atoms with Crippen LogP contribution in [-0.2, 0) is 5.60 Å². The monoisotopic (exact) mass is 449 g/mol. The smallest absolute Gasteiger partial charge is 0.258 e. The van der Waals surface area contributed by atoms with E-state index < -0.39 is 23.4 Å². The van der Waals surface area contributed by atoms with Crippen molar-refractivity contribution >= 4 is 28.8 Å². The summed E-state index contributed by atoms with van der Waals surface area (Å²) in [5.74, 6) is -1.31. The predicted molar refractivity (Wildman–Crippen MR) is 116 cm³/mol. The molecule has 0 saturated heterocycles. The van der Waals surface area contributed by atoms with Crippen molar-refractivity contribution in [1.29, 1.82) is 0 Å². The van der Waals surface area contributed by atoms with Crippen LogP contribution in [0.1, 0.15) is 55.1 Å². The van der Waals surface area contributed by atoms with Crippen molar-refractivity contribution in [3.05, 3.63) is 51.9 Å². The summed E-state index contributed by atoms with van der Waals surface area (Å²) in [6, 6.07) is 1.25. The van der Waals surface area contributed by atoms with E-state index >= 15 is 0 Å². The third-order valence-corrected chi connectivity index (χ3v) is 5.08. The first kappa shape index (κ1) is 22.8. The number of benzene rings is 1. The second kappa shape index (κ2) is 8.32. The number of ether oxygens (including phenoxy) is 1. The van der Waals surface area contributed by atoms with Crippen LogP contribution in [0.25, 0.3) is 5.52 Å². The predicted octanol–water partition coefficient (Wildman–Crippen LogP) is 3.21. The van der Waals surface area contributed by atoms with E-state index in [-0.39, 0.29) is 40.1 Å². The molecule has 31 heavy (non-hydrogen) atoms. The van der Waals surface area contributed by atoms with E-state index in [1.54, 1.807) is 38.3 Å². The highest BCUT2D eigenvalue weighted by atomic mass is 35.5. The van der Waals surface area contributed by atoms with E-state index in [1.807, 2.05) is 0 Å². The number of halogens is 2. The molecule has 10 heteroatoms. The number of aromatic nitrogens is 3. The summed E-state index contributed by atoms with van der Waals surface area (Å²) in [4.78, 5) is 21.2. The van der Waals surface area contributed by atoms with Gasteiger partial charge in [0.05, 0.1) is 16.8 Å². The molecule has 0 unspecified atom stereocenters. The molecule has 0 aliphatic carbocycles. The van der Waals surface area contributed by atoms with E-state index in [9.17, 15) is 14.3 Å². The van der Waals surface area contributed by atoms with Gasteiger partial charge in [-0.2, -0.15) is 0 Å². The Bertz CT molecular complexity index is 1160. The number of carbonyl (C=O) groups is 1. The van der Waals surface area contributed by atoms with Crippen molar-refractivity contribution in [2.75, 3.05) is 12.3 Å². The maximum atomic E-state index is 15.0. The minimum Gasteiger partial charge on any atom is -0.490 e. The Balaban J connectivity index is 2.36. The molecular formula is C21H25ClFN5O3. The van der Waals surface area contributed by atoms with Crippen LogP contribution in [-0.4, -0.2) is 38.0 Å². The molecule has 1 amide bonds. The highest BCUT2D eigenvalue weighted by molar-refractivity contribution is 6.31. The first-order valence-electron chi connectivity index (χ1n) is 9.79. The molecule has 1 atom stereocenters. The SMILES string of the molecule is CCNC(=O)c1c(F)c(Cl)cc([C@](C)(O)c2nc(C)c3c(N)nccn23)c1OC(C)C. The quantitative estimate of drug-likeness (QED) is 0.532. The van der Waals surface area contributed by atoms with Crippen LogP contribution in [0.15, 0.2) is 18.5 Å². The van der Waals surface area contributed by atoms with Gasteiger partial charge < -0.3 is 20.9 Å². The van der Waals surface area contributed by atoms with Crippen LogP contribution < -0.4 is 15.8 Å². The van der Waals surface area contributed by atoms with Gasteiger partial charge in [-0.1, -0.05) is 11.6 Å². The van der Waals surface area contributed by atoms with Crippen LogP contribution in [0.2, 0.25) is 5.02 Å². The molecule has 4 N–H and O–H groups in total. The number of aliphatic hydroxyl groups is 1. The fourth-order valence-electron chi connectivity index (χ4n) is 3.49. The van der Waals surface area contributed by atoms with Gasteiger partial charge in [-0.15, -0.1) is 0 Å². The molecule has 166 valence electrons. The molecule has 0 fully saturated rings. The number of imidazole rings is 1. The zero-order chi connectivity index (χ0) is 23.1. The van der Waals surface area contributed by atoms with Gasteiger partial charge in [0.2, 0.25) is 0 Å². The van der Waals surface area contributed by atoms with Crippen molar-refractivity contribution < 1.29 is 19.0 Å². The third kappa shape index (κ3) is 3.90. The first-order valence-corrected chi connectivity index (χ1v) is 10.2. The summed E-state index contributed by atoms with van der Waals surface area (Å²) in [6.45, 7) is 8.64. The number of hydrogen-bond donors (Lipinski definition) is 3. The largest absolute Gasteiger partial charge is 0.490 e. The Morgan fingerprint density at radius 2 is 2.16 bits per heavy atom. The molecule has 1 aromatic carbocycles. The molecule has 0 bridgehead atoms. The Morgan fingerprint density at radius 3 is 2.77 bits per heavy atom. The lowest BCUT2D eigenvalue weighted by molar-refractivity contribution is 0.0842. The number of nitrogen functional groups attached to an aromatic ring is 1. The lowest BCUT2D eigenvalue weighted by Crippen LogP contribution is -2.31. The number of carbonyl (C=O) groups excluding carboxylic acids is 1. The second-order valence-corrected chi connectivity index (χ2v) is 7.98. The van der Waals surface area contributed by atoms with Crippen molar-refractivity contribution in [3.8, 4) is 5.75 Å². The van der Waals surface area contributed by atoms with Crippen LogP contribution in [0.4, 0.5) is 10.2 Å². The number of nitrogens with two attached hydrogens (primary N) is 1. The van der Waals surface area contributed by atoms with Crippen LogP contribution in [0, 0.1) is 12.7 Å². The highest BCUT2D eigenvalue weighted by Crippen LogP contribution is 2.42. The van der Waals surface area contributed by atoms with E-state index in [0.29, 0.717) is 11.2 Å². The molecule has 0 aliphatic rings. The number of aryl methyl sites for hydroxylation is 1. The molecule has 3 aromatic rings. The maximum Gasteiger partial charge on any atom is 0.258 e.